The minimum Gasteiger partial charge on any atom is -0.479 e. The van der Waals surface area contributed by atoms with Crippen LogP contribution >= 0.6 is 0 Å². The average Bonchev–Trinajstić information content (AvgIpc) is 3.24. The number of rotatable bonds is 6. The molecule has 24 heavy (non-hydrogen) atoms. The molecule has 1 atom stereocenters. The maximum atomic E-state index is 12.0. The lowest BCUT2D eigenvalue weighted by Gasteiger charge is -2.09. The topological polar surface area (TPSA) is 103 Å². The van der Waals surface area contributed by atoms with Crippen LogP contribution in [0.2, 0.25) is 0 Å². The number of methoxy groups -OCH3 is 1. The number of benzene rings is 1. The van der Waals surface area contributed by atoms with Crippen molar-refractivity contribution in [1.82, 2.24) is 20.6 Å². The minimum absolute atomic E-state index is 0.0780. The van der Waals surface area contributed by atoms with E-state index in [4.69, 9.17) is 13.8 Å². The van der Waals surface area contributed by atoms with E-state index in [1.165, 1.54) is 13.2 Å². The van der Waals surface area contributed by atoms with Crippen LogP contribution in [-0.2, 0) is 6.42 Å². The van der Waals surface area contributed by atoms with Crippen molar-refractivity contribution in [1.29, 1.82) is 0 Å². The predicted octanol–water partition coefficient (Wildman–Crippen LogP) is 2.09. The zero-order valence-electron chi connectivity index (χ0n) is 13.2. The highest BCUT2D eigenvalue weighted by atomic mass is 16.5. The fourth-order valence-corrected chi connectivity index (χ4v) is 2.11. The number of carbonyl (C=O) groups excluding carboxylic acids is 1. The summed E-state index contributed by atoms with van der Waals surface area (Å²) in [5, 5.41) is 10.3. The number of hydrogen-bond donors (Lipinski definition) is 1. The molecule has 8 nitrogen and oxygen atoms in total. The number of ether oxygens (including phenoxy) is 1. The van der Waals surface area contributed by atoms with Gasteiger partial charge in [0.05, 0.1) is 13.2 Å². The van der Waals surface area contributed by atoms with Crippen LogP contribution in [0.5, 0.6) is 5.88 Å². The van der Waals surface area contributed by atoms with Gasteiger partial charge in [-0.05, 0) is 12.1 Å². The Balaban J connectivity index is 1.60. The Labute approximate surface area is 137 Å². The second-order valence-corrected chi connectivity index (χ2v) is 5.19. The monoisotopic (exact) mass is 328 g/mol. The Hall–Kier alpha value is -3.16. The summed E-state index contributed by atoms with van der Waals surface area (Å²) < 4.78 is 15.0. The molecule has 1 N–H and O–H groups in total. The molecule has 3 rings (SSSR count). The molecule has 0 spiro atoms. The smallest absolute Gasteiger partial charge is 0.290 e. The second-order valence-electron chi connectivity index (χ2n) is 5.19. The van der Waals surface area contributed by atoms with Gasteiger partial charge in [-0.25, -0.2) is 0 Å². The lowest BCUT2D eigenvalue weighted by Crippen LogP contribution is -2.33. The molecule has 2 aromatic heterocycles. The van der Waals surface area contributed by atoms with E-state index >= 15 is 0 Å². The molecule has 0 radical (unpaired) electrons. The minimum atomic E-state index is -0.388. The number of amides is 1. The van der Waals surface area contributed by atoms with Gasteiger partial charge in [0.1, 0.15) is 0 Å². The van der Waals surface area contributed by atoms with Gasteiger partial charge in [-0.3, -0.25) is 4.79 Å². The van der Waals surface area contributed by atoms with E-state index in [1.54, 1.807) is 0 Å². The molecule has 0 aliphatic carbocycles. The fraction of sp³-hybridized carbons (Fsp3) is 0.250. The number of hydrogen-bond acceptors (Lipinski definition) is 7. The second kappa shape index (κ2) is 6.95. The summed E-state index contributed by atoms with van der Waals surface area (Å²) in [6.45, 7) is 1.83. The van der Waals surface area contributed by atoms with E-state index in [1.807, 2.05) is 37.3 Å². The van der Waals surface area contributed by atoms with Crippen molar-refractivity contribution < 1.29 is 18.6 Å². The third-order valence-electron chi connectivity index (χ3n) is 3.28. The van der Waals surface area contributed by atoms with E-state index in [2.05, 4.69) is 20.6 Å². The summed E-state index contributed by atoms with van der Waals surface area (Å²) in [6.07, 6.45) is 0.400. The Morgan fingerprint density at radius 2 is 2.04 bits per heavy atom. The Bertz CT molecular complexity index is 812. The van der Waals surface area contributed by atoms with Crippen LogP contribution in [0.1, 0.15) is 23.4 Å². The first-order valence-corrected chi connectivity index (χ1v) is 7.35. The van der Waals surface area contributed by atoms with Crippen molar-refractivity contribution in [3.63, 3.8) is 0 Å². The first-order valence-electron chi connectivity index (χ1n) is 7.35. The summed E-state index contributed by atoms with van der Waals surface area (Å²) >= 11 is 0. The van der Waals surface area contributed by atoms with Gasteiger partial charge in [-0.2, -0.15) is 4.98 Å². The van der Waals surface area contributed by atoms with Crippen LogP contribution in [-0.4, -0.2) is 34.4 Å². The summed E-state index contributed by atoms with van der Waals surface area (Å²) in [5.74, 6) is 0.897. The van der Waals surface area contributed by atoms with Crippen molar-refractivity contribution in [3.8, 4) is 17.3 Å². The molecule has 0 saturated carbocycles. The van der Waals surface area contributed by atoms with Crippen LogP contribution in [0.25, 0.3) is 11.4 Å². The first kappa shape index (κ1) is 15.7. The molecule has 0 unspecified atom stereocenters. The molecule has 0 aliphatic heterocycles. The highest BCUT2D eigenvalue weighted by molar-refractivity contribution is 5.91. The summed E-state index contributed by atoms with van der Waals surface area (Å²) in [4.78, 5) is 16.4. The van der Waals surface area contributed by atoms with Crippen LogP contribution in [0.15, 0.2) is 45.4 Å². The van der Waals surface area contributed by atoms with Crippen LogP contribution in [0.3, 0.4) is 0 Å². The molecule has 124 valence electrons. The average molecular weight is 328 g/mol. The Morgan fingerprint density at radius 1 is 1.25 bits per heavy atom. The van der Waals surface area contributed by atoms with Gasteiger partial charge in [0, 0.05) is 18.0 Å². The SMILES string of the molecule is COc1cc(C(=O)N[C@H](C)Cc2nc(-c3ccccc3)no2)on1. The van der Waals surface area contributed by atoms with Gasteiger partial charge >= 0.3 is 0 Å². The first-order chi connectivity index (χ1) is 11.7. The van der Waals surface area contributed by atoms with Crippen LogP contribution < -0.4 is 10.1 Å². The summed E-state index contributed by atoms with van der Waals surface area (Å²) in [7, 11) is 1.45. The molecule has 0 aliphatic rings. The lowest BCUT2D eigenvalue weighted by atomic mass is 10.2. The largest absolute Gasteiger partial charge is 0.479 e. The number of nitrogens with zero attached hydrogens (tertiary/aromatic N) is 3. The highest BCUT2D eigenvalue weighted by Crippen LogP contribution is 2.15. The lowest BCUT2D eigenvalue weighted by molar-refractivity contribution is 0.0901. The fourth-order valence-electron chi connectivity index (χ4n) is 2.11. The molecule has 0 fully saturated rings. The zero-order chi connectivity index (χ0) is 16.9. The van der Waals surface area contributed by atoms with Gasteiger partial charge in [0.2, 0.25) is 17.5 Å². The standard InChI is InChI=1S/C16H16N4O4/c1-10(17-16(21)12-9-14(22-2)19-23-12)8-13-18-15(20-24-13)11-6-4-3-5-7-11/h3-7,9-10H,8H2,1-2H3,(H,17,21)/t10-/m1/s1. The normalized spacial score (nSPS) is 11.9. The van der Waals surface area contributed by atoms with Crippen molar-refractivity contribution in [2.45, 2.75) is 19.4 Å². The Morgan fingerprint density at radius 3 is 2.75 bits per heavy atom. The number of carbonyl (C=O) groups is 1. The van der Waals surface area contributed by atoms with E-state index in [-0.39, 0.29) is 23.6 Å². The highest BCUT2D eigenvalue weighted by Gasteiger charge is 2.18. The molecule has 1 amide bonds. The van der Waals surface area contributed by atoms with E-state index < -0.39 is 0 Å². The van der Waals surface area contributed by atoms with Gasteiger partial charge in [-0.1, -0.05) is 35.5 Å². The van der Waals surface area contributed by atoms with E-state index in [0.29, 0.717) is 18.1 Å². The molecule has 2 heterocycles. The van der Waals surface area contributed by atoms with Crippen molar-refractivity contribution in [3.05, 3.63) is 48.0 Å². The van der Waals surface area contributed by atoms with Crippen molar-refractivity contribution in [2.24, 2.45) is 0 Å². The van der Waals surface area contributed by atoms with E-state index in [0.717, 1.165) is 5.56 Å². The molecule has 1 aromatic carbocycles. The van der Waals surface area contributed by atoms with Crippen LogP contribution in [0, 0.1) is 0 Å². The van der Waals surface area contributed by atoms with Crippen molar-refractivity contribution in [2.75, 3.05) is 7.11 Å². The quantitative estimate of drug-likeness (QED) is 0.739. The number of nitrogens with one attached hydrogen (secondary N) is 1. The third-order valence-corrected chi connectivity index (χ3v) is 3.28. The predicted molar refractivity (Wildman–Crippen MR) is 83.4 cm³/mol. The molecule has 3 aromatic rings. The molecular formula is C16H16N4O4. The maximum absolute atomic E-state index is 12.0. The van der Waals surface area contributed by atoms with Crippen molar-refractivity contribution >= 4 is 5.91 Å². The molecule has 0 bridgehead atoms. The maximum Gasteiger partial charge on any atom is 0.290 e. The van der Waals surface area contributed by atoms with Gasteiger partial charge in [0.25, 0.3) is 11.8 Å². The third kappa shape index (κ3) is 3.60. The summed E-state index contributed by atoms with van der Waals surface area (Å²) in [6, 6.07) is 10.7. The Kier molecular flexibility index (Phi) is 4.55. The molecule has 8 heteroatoms. The van der Waals surface area contributed by atoms with Gasteiger partial charge in [-0.15, -0.1) is 0 Å². The molecule has 0 saturated heterocycles. The molecular weight excluding hydrogens is 312 g/mol. The summed E-state index contributed by atoms with van der Waals surface area (Å²) in [5.41, 5.74) is 0.873. The van der Waals surface area contributed by atoms with Crippen LogP contribution in [0.4, 0.5) is 0 Å². The van der Waals surface area contributed by atoms with Gasteiger partial charge < -0.3 is 19.1 Å². The number of aromatic nitrogens is 3. The van der Waals surface area contributed by atoms with Gasteiger partial charge in [0.15, 0.2) is 0 Å². The van der Waals surface area contributed by atoms with E-state index in [9.17, 15) is 4.79 Å². The zero-order valence-corrected chi connectivity index (χ0v) is 13.2.